The smallest absolute Gasteiger partial charge is 0.258 e. The molecule has 29 heavy (non-hydrogen) atoms. The fourth-order valence-electron chi connectivity index (χ4n) is 3.06. The van der Waals surface area contributed by atoms with E-state index in [4.69, 9.17) is 38.4 Å². The van der Waals surface area contributed by atoms with Crippen molar-refractivity contribution in [2.75, 3.05) is 30.9 Å². The van der Waals surface area contributed by atoms with Gasteiger partial charge in [0, 0.05) is 19.6 Å². The molecular weight excluding hydrogens is 429 g/mol. The fraction of sp³-hybridized carbons (Fsp3) is 0.588. The molecule has 0 saturated carbocycles. The second-order valence-corrected chi connectivity index (χ2v) is 7.40. The minimum absolute atomic E-state index is 0.0210. The standard InChI is InChI=1S/C17H22Cl2F2N6O2/c1-9-13(22)16(26-27(9)10-2-5-28-6-3-10)29-7-4-12(14(20)21)24-15-11(18)8-23-17(19)25-15/h8,10,12,14H,2-7,22H2,1H3,(H,23,24,25). The number of aromatic nitrogens is 4. The van der Waals surface area contributed by atoms with Gasteiger partial charge < -0.3 is 20.5 Å². The highest BCUT2D eigenvalue weighted by atomic mass is 35.5. The van der Waals surface area contributed by atoms with Crippen molar-refractivity contribution in [3.63, 3.8) is 0 Å². The van der Waals surface area contributed by atoms with Crippen LogP contribution in [0, 0.1) is 6.92 Å². The Kier molecular flexibility index (Phi) is 7.31. The van der Waals surface area contributed by atoms with Crippen LogP contribution in [0.15, 0.2) is 6.20 Å². The summed E-state index contributed by atoms with van der Waals surface area (Å²) in [5.41, 5.74) is 7.29. The van der Waals surface area contributed by atoms with E-state index in [1.165, 1.54) is 6.20 Å². The van der Waals surface area contributed by atoms with Crippen LogP contribution in [0.2, 0.25) is 10.3 Å². The lowest BCUT2D eigenvalue weighted by Crippen LogP contribution is -2.30. The number of hydrogen-bond donors (Lipinski definition) is 2. The zero-order valence-corrected chi connectivity index (χ0v) is 17.3. The molecular formula is C17H22Cl2F2N6O2. The molecule has 0 spiro atoms. The van der Waals surface area contributed by atoms with Crippen LogP contribution in [0.4, 0.5) is 20.3 Å². The first kappa shape index (κ1) is 21.8. The normalized spacial score (nSPS) is 16.2. The van der Waals surface area contributed by atoms with Gasteiger partial charge in [0.15, 0.2) is 0 Å². The Hall–Kier alpha value is -1.91. The summed E-state index contributed by atoms with van der Waals surface area (Å²) < 4.78 is 39.7. The Morgan fingerprint density at radius 3 is 2.79 bits per heavy atom. The highest BCUT2D eigenvalue weighted by molar-refractivity contribution is 6.33. The first-order valence-corrected chi connectivity index (χ1v) is 9.90. The molecule has 1 fully saturated rings. The van der Waals surface area contributed by atoms with Gasteiger partial charge in [-0.2, -0.15) is 4.98 Å². The fourth-order valence-corrected chi connectivity index (χ4v) is 3.34. The van der Waals surface area contributed by atoms with Crippen LogP contribution in [-0.4, -0.2) is 52.0 Å². The van der Waals surface area contributed by atoms with Gasteiger partial charge in [0.1, 0.15) is 16.5 Å². The third kappa shape index (κ3) is 5.37. The van der Waals surface area contributed by atoms with Crippen molar-refractivity contribution in [3.8, 4) is 5.88 Å². The maximum absolute atomic E-state index is 13.4. The topological polar surface area (TPSA) is 100 Å². The molecule has 2 aromatic rings. The Labute approximate surface area is 176 Å². The Morgan fingerprint density at radius 2 is 2.10 bits per heavy atom. The van der Waals surface area contributed by atoms with Gasteiger partial charge in [-0.3, -0.25) is 4.68 Å². The lowest BCUT2D eigenvalue weighted by atomic mass is 10.1. The van der Waals surface area contributed by atoms with Gasteiger partial charge in [-0.1, -0.05) is 11.6 Å². The molecule has 8 nitrogen and oxygen atoms in total. The van der Waals surface area contributed by atoms with Gasteiger partial charge in [-0.05, 0) is 31.4 Å². The molecule has 12 heteroatoms. The van der Waals surface area contributed by atoms with Crippen molar-refractivity contribution in [1.29, 1.82) is 0 Å². The second-order valence-electron chi connectivity index (χ2n) is 6.65. The monoisotopic (exact) mass is 450 g/mol. The summed E-state index contributed by atoms with van der Waals surface area (Å²) in [4.78, 5) is 7.52. The average molecular weight is 451 g/mol. The van der Waals surface area contributed by atoms with Gasteiger partial charge in [0.05, 0.1) is 30.6 Å². The molecule has 3 N–H and O–H groups in total. The van der Waals surface area contributed by atoms with Gasteiger partial charge in [-0.25, -0.2) is 13.8 Å². The van der Waals surface area contributed by atoms with E-state index in [1.54, 1.807) is 0 Å². The zero-order valence-electron chi connectivity index (χ0n) is 15.7. The second kappa shape index (κ2) is 9.73. The lowest BCUT2D eigenvalue weighted by molar-refractivity contribution is 0.0652. The maximum atomic E-state index is 13.4. The van der Waals surface area contributed by atoms with Crippen LogP contribution in [0.1, 0.15) is 31.0 Å². The first-order valence-electron chi connectivity index (χ1n) is 9.14. The molecule has 3 heterocycles. The van der Waals surface area contributed by atoms with E-state index in [0.717, 1.165) is 18.5 Å². The van der Waals surface area contributed by atoms with E-state index >= 15 is 0 Å². The van der Waals surface area contributed by atoms with Crippen molar-refractivity contribution in [3.05, 3.63) is 22.2 Å². The number of hydrogen-bond acceptors (Lipinski definition) is 7. The molecule has 2 aromatic heterocycles. The van der Waals surface area contributed by atoms with Crippen molar-refractivity contribution in [2.45, 2.75) is 44.7 Å². The quantitative estimate of drug-likeness (QED) is 0.590. The predicted octanol–water partition coefficient (Wildman–Crippen LogP) is 3.74. The number of halogens is 4. The average Bonchev–Trinajstić information content (AvgIpc) is 2.99. The van der Waals surface area contributed by atoms with Crippen LogP contribution in [0.25, 0.3) is 0 Å². The van der Waals surface area contributed by atoms with Crippen molar-refractivity contribution in [2.24, 2.45) is 0 Å². The van der Waals surface area contributed by atoms with Gasteiger partial charge in [0.25, 0.3) is 12.3 Å². The molecule has 0 aromatic carbocycles. The van der Waals surface area contributed by atoms with Gasteiger partial charge >= 0.3 is 0 Å². The number of ether oxygens (including phenoxy) is 2. The summed E-state index contributed by atoms with van der Waals surface area (Å²) in [6.45, 7) is 3.16. The number of nitrogens with one attached hydrogen (secondary N) is 1. The molecule has 1 unspecified atom stereocenters. The van der Waals surface area contributed by atoms with Gasteiger partial charge in [-0.15, -0.1) is 5.10 Å². The minimum atomic E-state index is -2.68. The van der Waals surface area contributed by atoms with Crippen molar-refractivity contribution in [1.82, 2.24) is 19.7 Å². The third-order valence-corrected chi connectivity index (χ3v) is 5.17. The summed E-state index contributed by atoms with van der Waals surface area (Å²) in [7, 11) is 0. The SMILES string of the molecule is Cc1c(N)c(OCCC(Nc2nc(Cl)ncc2Cl)C(F)F)nn1C1CCOCC1. The van der Waals surface area contributed by atoms with E-state index in [0.29, 0.717) is 18.9 Å². The van der Waals surface area contributed by atoms with Crippen LogP contribution in [0.5, 0.6) is 5.88 Å². The summed E-state index contributed by atoms with van der Waals surface area (Å²) in [6, 6.07) is -1.07. The third-order valence-electron chi connectivity index (χ3n) is 4.71. The molecule has 0 bridgehead atoms. The summed E-state index contributed by atoms with van der Waals surface area (Å²) in [6.07, 6.45) is 0.201. The first-order chi connectivity index (χ1) is 13.9. The number of nitrogens with zero attached hydrogens (tertiary/aromatic N) is 4. The van der Waals surface area contributed by atoms with E-state index in [9.17, 15) is 8.78 Å². The summed E-state index contributed by atoms with van der Waals surface area (Å²) in [5.74, 6) is 0.279. The maximum Gasteiger partial charge on any atom is 0.258 e. The highest BCUT2D eigenvalue weighted by Gasteiger charge is 2.24. The van der Waals surface area contributed by atoms with Crippen LogP contribution >= 0.6 is 23.2 Å². The molecule has 1 aliphatic heterocycles. The number of nitrogens with two attached hydrogens (primary N) is 1. The van der Waals surface area contributed by atoms with Crippen LogP contribution in [0.3, 0.4) is 0 Å². The Morgan fingerprint density at radius 1 is 1.38 bits per heavy atom. The van der Waals surface area contributed by atoms with Crippen LogP contribution < -0.4 is 15.8 Å². The highest BCUT2D eigenvalue weighted by Crippen LogP contribution is 2.30. The molecule has 0 amide bonds. The number of rotatable bonds is 8. The molecule has 3 rings (SSSR count). The molecule has 1 atom stereocenters. The van der Waals surface area contributed by atoms with E-state index < -0.39 is 12.5 Å². The number of nitrogen functional groups attached to an aromatic ring is 1. The number of alkyl halides is 2. The van der Waals surface area contributed by atoms with Crippen molar-refractivity contribution >= 4 is 34.7 Å². The molecule has 1 saturated heterocycles. The lowest BCUT2D eigenvalue weighted by Gasteiger charge is -2.23. The molecule has 1 aliphatic rings. The van der Waals surface area contributed by atoms with Crippen LogP contribution in [-0.2, 0) is 4.74 Å². The Balaban J connectivity index is 1.62. The van der Waals surface area contributed by atoms with Gasteiger partial charge in [0.2, 0.25) is 5.28 Å². The summed E-state index contributed by atoms with van der Waals surface area (Å²) >= 11 is 11.6. The van der Waals surface area contributed by atoms with Crippen molar-refractivity contribution < 1.29 is 18.3 Å². The summed E-state index contributed by atoms with van der Waals surface area (Å²) in [5, 5.41) is 7.02. The predicted molar refractivity (Wildman–Crippen MR) is 106 cm³/mol. The molecule has 0 radical (unpaired) electrons. The largest absolute Gasteiger partial charge is 0.475 e. The Bertz CT molecular complexity index is 832. The minimum Gasteiger partial charge on any atom is -0.475 e. The van der Waals surface area contributed by atoms with E-state index in [2.05, 4.69) is 20.4 Å². The number of anilines is 2. The molecule has 0 aliphatic carbocycles. The van der Waals surface area contributed by atoms with E-state index in [1.807, 2.05) is 11.6 Å². The molecule has 160 valence electrons. The van der Waals surface area contributed by atoms with E-state index in [-0.39, 0.29) is 41.1 Å². The zero-order chi connectivity index (χ0) is 21.0.